The van der Waals surface area contributed by atoms with Crippen molar-refractivity contribution in [1.29, 1.82) is 0 Å². The second-order valence-corrected chi connectivity index (χ2v) is 7.00. The molecule has 5 nitrogen and oxygen atoms in total. The molecule has 5 heteroatoms. The number of nitrogens with zero attached hydrogens (tertiary/aromatic N) is 3. The second kappa shape index (κ2) is 9.01. The lowest BCUT2D eigenvalue weighted by molar-refractivity contribution is 0.0954. The minimum atomic E-state index is -0.234. The largest absolute Gasteiger partial charge is 0.271 e. The van der Waals surface area contributed by atoms with E-state index in [1.165, 1.54) is 0 Å². The summed E-state index contributed by atoms with van der Waals surface area (Å²) in [5.74, 6) is -0.234. The average Bonchev–Trinajstić information content (AvgIpc) is 3.17. The van der Waals surface area contributed by atoms with E-state index in [-0.39, 0.29) is 5.91 Å². The predicted octanol–water partition coefficient (Wildman–Crippen LogP) is 4.67. The SMILES string of the molecule is Cc1ccccc1C(=O)N/N=C\c1cn(Cc2ccccc2)nc1-c1ccccc1. The molecule has 1 N–H and O–H groups in total. The van der Waals surface area contributed by atoms with Crippen molar-refractivity contribution in [2.75, 3.05) is 0 Å². The highest BCUT2D eigenvalue weighted by Gasteiger charge is 2.11. The fourth-order valence-electron chi connectivity index (χ4n) is 3.25. The second-order valence-electron chi connectivity index (χ2n) is 7.00. The van der Waals surface area contributed by atoms with Crippen LogP contribution in [-0.4, -0.2) is 21.9 Å². The first-order valence-electron chi connectivity index (χ1n) is 9.76. The molecular formula is C25H22N4O. The molecule has 3 aromatic carbocycles. The number of aromatic nitrogens is 2. The molecule has 0 bridgehead atoms. The van der Waals surface area contributed by atoms with Crippen LogP contribution >= 0.6 is 0 Å². The quantitative estimate of drug-likeness (QED) is 0.382. The summed E-state index contributed by atoms with van der Waals surface area (Å²) in [6, 6.07) is 27.6. The lowest BCUT2D eigenvalue weighted by Gasteiger charge is -2.03. The first-order valence-corrected chi connectivity index (χ1v) is 9.76. The summed E-state index contributed by atoms with van der Waals surface area (Å²) in [4.78, 5) is 12.4. The van der Waals surface area contributed by atoms with Gasteiger partial charge in [-0.15, -0.1) is 0 Å². The number of carbonyl (C=O) groups is 1. The lowest BCUT2D eigenvalue weighted by atomic mass is 10.1. The molecule has 0 saturated carbocycles. The van der Waals surface area contributed by atoms with E-state index in [0.29, 0.717) is 12.1 Å². The van der Waals surface area contributed by atoms with Crippen LogP contribution < -0.4 is 5.43 Å². The monoisotopic (exact) mass is 394 g/mol. The highest BCUT2D eigenvalue weighted by molar-refractivity contribution is 5.96. The van der Waals surface area contributed by atoms with Crippen molar-refractivity contribution >= 4 is 12.1 Å². The van der Waals surface area contributed by atoms with Crippen LogP contribution in [0.1, 0.15) is 27.0 Å². The number of hydrogen-bond donors (Lipinski definition) is 1. The molecule has 1 aromatic heterocycles. The summed E-state index contributed by atoms with van der Waals surface area (Å²) < 4.78 is 1.89. The fraction of sp³-hybridized carbons (Fsp3) is 0.0800. The number of benzene rings is 3. The Hall–Kier alpha value is -3.99. The van der Waals surface area contributed by atoms with Crippen molar-refractivity contribution in [3.05, 3.63) is 113 Å². The molecule has 0 aliphatic rings. The Balaban J connectivity index is 1.58. The molecule has 0 aliphatic carbocycles. The highest BCUT2D eigenvalue weighted by Crippen LogP contribution is 2.21. The summed E-state index contributed by atoms with van der Waals surface area (Å²) in [6.45, 7) is 2.56. The van der Waals surface area contributed by atoms with Crippen LogP contribution in [-0.2, 0) is 6.54 Å². The summed E-state index contributed by atoms with van der Waals surface area (Å²) in [6.07, 6.45) is 3.59. The summed E-state index contributed by atoms with van der Waals surface area (Å²) >= 11 is 0. The molecule has 148 valence electrons. The van der Waals surface area contributed by atoms with Crippen LogP contribution in [0.5, 0.6) is 0 Å². The van der Waals surface area contributed by atoms with Gasteiger partial charge in [-0.3, -0.25) is 9.48 Å². The van der Waals surface area contributed by atoms with Gasteiger partial charge in [0, 0.05) is 22.9 Å². The molecule has 0 radical (unpaired) electrons. The molecule has 1 heterocycles. The highest BCUT2D eigenvalue weighted by atomic mass is 16.2. The van der Waals surface area contributed by atoms with E-state index >= 15 is 0 Å². The van der Waals surface area contributed by atoms with Crippen LogP contribution in [0.15, 0.2) is 96.2 Å². The van der Waals surface area contributed by atoms with E-state index < -0.39 is 0 Å². The zero-order valence-corrected chi connectivity index (χ0v) is 16.7. The fourth-order valence-corrected chi connectivity index (χ4v) is 3.25. The molecule has 0 atom stereocenters. The van der Waals surface area contributed by atoms with Gasteiger partial charge in [0.05, 0.1) is 12.8 Å². The zero-order chi connectivity index (χ0) is 20.8. The molecular weight excluding hydrogens is 372 g/mol. The zero-order valence-electron chi connectivity index (χ0n) is 16.7. The number of hydrogen-bond acceptors (Lipinski definition) is 3. The van der Waals surface area contributed by atoms with Gasteiger partial charge in [0.1, 0.15) is 5.69 Å². The molecule has 4 aromatic rings. The number of amides is 1. The molecule has 0 unspecified atom stereocenters. The molecule has 0 aliphatic heterocycles. The number of hydrazone groups is 1. The topological polar surface area (TPSA) is 59.3 Å². The smallest absolute Gasteiger partial charge is 0.267 e. The van der Waals surface area contributed by atoms with E-state index in [2.05, 4.69) is 22.7 Å². The van der Waals surface area contributed by atoms with Crippen LogP contribution in [0.25, 0.3) is 11.3 Å². The van der Waals surface area contributed by atoms with Crippen molar-refractivity contribution in [2.45, 2.75) is 13.5 Å². The Labute approximate surface area is 175 Å². The van der Waals surface area contributed by atoms with Gasteiger partial charge in [0.2, 0.25) is 0 Å². The summed E-state index contributed by atoms with van der Waals surface area (Å²) in [7, 11) is 0. The minimum absolute atomic E-state index is 0.234. The molecule has 0 spiro atoms. The molecule has 1 amide bonds. The Bertz CT molecular complexity index is 1160. The van der Waals surface area contributed by atoms with Crippen LogP contribution in [0, 0.1) is 6.92 Å². The minimum Gasteiger partial charge on any atom is -0.267 e. The average molecular weight is 394 g/mol. The molecule has 30 heavy (non-hydrogen) atoms. The molecule has 4 rings (SSSR count). The number of carbonyl (C=O) groups excluding carboxylic acids is 1. The normalized spacial score (nSPS) is 11.0. The van der Waals surface area contributed by atoms with Gasteiger partial charge < -0.3 is 0 Å². The van der Waals surface area contributed by atoms with Gasteiger partial charge in [-0.2, -0.15) is 10.2 Å². The van der Waals surface area contributed by atoms with E-state index in [1.807, 2.05) is 84.5 Å². The van der Waals surface area contributed by atoms with Crippen molar-refractivity contribution in [3.8, 4) is 11.3 Å². The molecule has 0 saturated heterocycles. The van der Waals surface area contributed by atoms with Gasteiger partial charge in [-0.1, -0.05) is 78.9 Å². The third-order valence-electron chi connectivity index (χ3n) is 4.78. The maximum atomic E-state index is 12.4. The lowest BCUT2D eigenvalue weighted by Crippen LogP contribution is -2.18. The Morgan fingerprint density at radius 2 is 1.63 bits per heavy atom. The van der Waals surface area contributed by atoms with E-state index in [4.69, 9.17) is 5.10 Å². The van der Waals surface area contributed by atoms with E-state index in [1.54, 1.807) is 12.3 Å². The van der Waals surface area contributed by atoms with Gasteiger partial charge in [-0.05, 0) is 24.1 Å². The maximum Gasteiger partial charge on any atom is 0.271 e. The Kier molecular flexibility index (Phi) is 5.80. The number of nitrogens with one attached hydrogen (secondary N) is 1. The Morgan fingerprint density at radius 3 is 2.37 bits per heavy atom. The first-order chi connectivity index (χ1) is 14.7. The summed E-state index contributed by atoms with van der Waals surface area (Å²) in [5.41, 5.74) is 7.95. The van der Waals surface area contributed by atoms with Crippen LogP contribution in [0.4, 0.5) is 0 Å². The first kappa shape index (κ1) is 19.3. The molecule has 0 fully saturated rings. The number of aryl methyl sites for hydroxylation is 1. The van der Waals surface area contributed by atoms with Gasteiger partial charge >= 0.3 is 0 Å². The van der Waals surface area contributed by atoms with Crippen molar-refractivity contribution in [2.24, 2.45) is 5.10 Å². The number of rotatable bonds is 6. The van der Waals surface area contributed by atoms with Gasteiger partial charge in [-0.25, -0.2) is 5.43 Å². The van der Waals surface area contributed by atoms with E-state index in [9.17, 15) is 4.79 Å². The van der Waals surface area contributed by atoms with E-state index in [0.717, 1.165) is 27.9 Å². The van der Waals surface area contributed by atoms with Crippen LogP contribution in [0.3, 0.4) is 0 Å². The third-order valence-corrected chi connectivity index (χ3v) is 4.78. The van der Waals surface area contributed by atoms with Crippen LogP contribution in [0.2, 0.25) is 0 Å². The summed E-state index contributed by atoms with van der Waals surface area (Å²) in [5, 5.41) is 8.95. The van der Waals surface area contributed by atoms with Gasteiger partial charge in [0.15, 0.2) is 0 Å². The van der Waals surface area contributed by atoms with Gasteiger partial charge in [0.25, 0.3) is 5.91 Å². The standard InChI is InChI=1S/C25H22N4O/c1-19-10-8-9-15-23(19)25(30)27-26-16-22-18-29(17-20-11-4-2-5-12-20)28-24(22)21-13-6-3-7-14-21/h2-16,18H,17H2,1H3,(H,27,30)/b26-16-. The van der Waals surface area contributed by atoms with Crippen molar-refractivity contribution < 1.29 is 4.79 Å². The third kappa shape index (κ3) is 4.52. The van der Waals surface area contributed by atoms with Crippen molar-refractivity contribution in [3.63, 3.8) is 0 Å². The predicted molar refractivity (Wildman–Crippen MR) is 119 cm³/mol. The Morgan fingerprint density at radius 1 is 0.967 bits per heavy atom. The van der Waals surface area contributed by atoms with Crippen molar-refractivity contribution in [1.82, 2.24) is 15.2 Å². The maximum absolute atomic E-state index is 12.4.